The Kier molecular flexibility index (Phi) is 13.1. The standard InChI is InChI=1S/C12H10Si.2C9H13.2ClH.Zr/c1-3-7-11(8-4-1)13-12-9-5-2-6-10-12;2*1-2-3-6-9-7-4-5-8-9;;;/h1-10H;2*4,7H,2-3,5-6H2,1H3;2*1H;/q;;;;;+2/p-2. The largest absolute Gasteiger partial charge is 1.00 e. The van der Waals surface area contributed by atoms with E-state index in [1.807, 2.05) is 6.56 Å². The third-order valence-electron chi connectivity index (χ3n) is 6.64. The van der Waals surface area contributed by atoms with E-state index < -0.39 is 25.8 Å². The van der Waals surface area contributed by atoms with Crippen molar-refractivity contribution in [3.63, 3.8) is 0 Å². The third-order valence-corrected chi connectivity index (χ3v) is 26.0. The first-order chi connectivity index (χ1) is 15.8. The molecule has 2 aromatic rings. The summed E-state index contributed by atoms with van der Waals surface area (Å²) in [4.78, 5) is 0. The molecule has 0 spiro atoms. The molecule has 4 rings (SSSR count). The fraction of sp³-hybridized carbons (Fsp3) is 0.333. The summed E-state index contributed by atoms with van der Waals surface area (Å²) in [6.45, 7) is 4.65. The summed E-state index contributed by atoms with van der Waals surface area (Å²) in [7, 11) is 0. The van der Waals surface area contributed by atoms with Crippen molar-refractivity contribution < 1.29 is 45.2 Å². The minimum absolute atomic E-state index is 0. The number of rotatable bonds is 10. The maximum absolute atomic E-state index is 2.50. The summed E-state index contributed by atoms with van der Waals surface area (Å²) in [5.41, 5.74) is 2.61. The zero-order chi connectivity index (χ0) is 22.2. The number of allylic oxidation sites excluding steroid dienone is 8. The van der Waals surface area contributed by atoms with E-state index in [1.54, 1.807) is 21.5 Å². The molecule has 0 aromatic heterocycles. The second kappa shape index (κ2) is 15.2. The van der Waals surface area contributed by atoms with E-state index in [9.17, 15) is 0 Å². The van der Waals surface area contributed by atoms with Crippen LogP contribution in [-0.4, -0.2) is 5.43 Å². The SMILES string of the molecule is CCCCC1=[C]([Zr+2]([C]2=C(CCCC)C=CC2)=[Si](c2ccccc2)c2ccccc2)CC=C1.[Cl-].[Cl-]. The molecule has 0 heterocycles. The average molecular weight is 587 g/mol. The van der Waals surface area contributed by atoms with Crippen molar-refractivity contribution in [2.45, 2.75) is 65.2 Å². The summed E-state index contributed by atoms with van der Waals surface area (Å²) in [6, 6.07) is 23.2. The Morgan fingerprint density at radius 3 is 1.44 bits per heavy atom. The predicted molar refractivity (Wildman–Crippen MR) is 139 cm³/mol. The van der Waals surface area contributed by atoms with E-state index in [1.165, 1.54) is 51.4 Å². The Labute approximate surface area is 227 Å². The van der Waals surface area contributed by atoms with Crippen LogP contribution in [0, 0.1) is 0 Å². The zero-order valence-corrected chi connectivity index (χ0v) is 25.5. The van der Waals surface area contributed by atoms with E-state index in [-0.39, 0.29) is 24.8 Å². The molecule has 0 nitrogen and oxygen atoms in total. The fourth-order valence-electron chi connectivity index (χ4n) is 4.98. The average Bonchev–Trinajstić information content (AvgIpc) is 3.50. The van der Waals surface area contributed by atoms with Gasteiger partial charge >= 0.3 is 204 Å². The molecular formula is C30H36Cl2SiZr. The maximum atomic E-state index is 2.50. The molecule has 0 N–H and O–H groups in total. The minimum Gasteiger partial charge on any atom is -1.00 e. The molecule has 0 saturated carbocycles. The summed E-state index contributed by atoms with van der Waals surface area (Å²) in [6.07, 6.45) is 20.1. The predicted octanol–water partition coefficient (Wildman–Crippen LogP) is 1.23. The van der Waals surface area contributed by atoms with Crippen LogP contribution in [0.3, 0.4) is 0 Å². The Bertz CT molecular complexity index is 994. The molecule has 2 aliphatic carbocycles. The van der Waals surface area contributed by atoms with Gasteiger partial charge in [0.2, 0.25) is 0 Å². The van der Waals surface area contributed by atoms with E-state index in [0.29, 0.717) is 0 Å². The van der Waals surface area contributed by atoms with Gasteiger partial charge in [-0.05, 0) is 0 Å². The number of unbranched alkanes of at least 4 members (excludes halogenated alkanes) is 2. The van der Waals surface area contributed by atoms with Crippen LogP contribution in [0.15, 0.2) is 103 Å². The van der Waals surface area contributed by atoms with Crippen molar-refractivity contribution in [2.24, 2.45) is 0 Å². The smallest absolute Gasteiger partial charge is 1.00 e. The molecule has 2 aromatic carbocycles. The van der Waals surface area contributed by atoms with Crippen LogP contribution in [-0.2, 0) is 20.4 Å². The van der Waals surface area contributed by atoms with E-state index in [2.05, 4.69) is 98.8 Å². The van der Waals surface area contributed by atoms with Gasteiger partial charge in [0.05, 0.1) is 0 Å². The monoisotopic (exact) mass is 584 g/mol. The molecule has 0 saturated heterocycles. The Morgan fingerprint density at radius 1 is 0.647 bits per heavy atom. The summed E-state index contributed by atoms with van der Waals surface area (Å²) in [5, 5.41) is 3.25. The normalized spacial score (nSPS) is 14.0. The van der Waals surface area contributed by atoms with Crippen LogP contribution < -0.4 is 35.2 Å². The van der Waals surface area contributed by atoms with Gasteiger partial charge in [0, 0.05) is 0 Å². The topological polar surface area (TPSA) is 0 Å². The van der Waals surface area contributed by atoms with Gasteiger partial charge in [-0.2, -0.15) is 0 Å². The van der Waals surface area contributed by atoms with Crippen LogP contribution in [0.1, 0.15) is 65.2 Å². The number of halogens is 2. The van der Waals surface area contributed by atoms with Crippen molar-refractivity contribution in [2.75, 3.05) is 0 Å². The van der Waals surface area contributed by atoms with Crippen molar-refractivity contribution in [3.8, 4) is 0 Å². The summed E-state index contributed by atoms with van der Waals surface area (Å²) < 4.78 is 3.82. The molecule has 0 bridgehead atoms. The molecule has 0 radical (unpaired) electrons. The quantitative estimate of drug-likeness (QED) is 0.368. The van der Waals surface area contributed by atoms with Crippen LogP contribution >= 0.6 is 0 Å². The van der Waals surface area contributed by atoms with Crippen LogP contribution in [0.25, 0.3) is 0 Å². The summed E-state index contributed by atoms with van der Waals surface area (Å²) in [5.74, 6) is 0. The number of benzene rings is 2. The molecule has 178 valence electrons. The van der Waals surface area contributed by atoms with Gasteiger partial charge in [0.15, 0.2) is 0 Å². The van der Waals surface area contributed by atoms with Gasteiger partial charge < -0.3 is 24.8 Å². The zero-order valence-electron chi connectivity index (χ0n) is 20.5. The minimum atomic E-state index is -2.17. The first kappa shape index (κ1) is 29.3. The van der Waals surface area contributed by atoms with E-state index in [0.717, 1.165) is 0 Å². The van der Waals surface area contributed by atoms with Crippen LogP contribution in [0.4, 0.5) is 0 Å². The molecule has 2 aliphatic rings. The van der Waals surface area contributed by atoms with Crippen molar-refractivity contribution >= 4 is 15.8 Å². The Morgan fingerprint density at radius 2 is 1.06 bits per heavy atom. The van der Waals surface area contributed by atoms with E-state index in [4.69, 9.17) is 0 Å². The summed E-state index contributed by atoms with van der Waals surface area (Å²) >= 11 is -2.17. The molecule has 0 unspecified atom stereocenters. The van der Waals surface area contributed by atoms with Crippen LogP contribution in [0.2, 0.25) is 0 Å². The number of hydrogen-bond donors (Lipinski definition) is 0. The Balaban J connectivity index is 0.00000204. The van der Waals surface area contributed by atoms with Gasteiger partial charge in [-0.1, -0.05) is 0 Å². The molecule has 34 heavy (non-hydrogen) atoms. The maximum Gasteiger partial charge on any atom is -1.00 e. The van der Waals surface area contributed by atoms with Gasteiger partial charge in [-0.15, -0.1) is 0 Å². The molecule has 0 fully saturated rings. The molecule has 0 aliphatic heterocycles. The van der Waals surface area contributed by atoms with Gasteiger partial charge in [-0.3, -0.25) is 0 Å². The van der Waals surface area contributed by atoms with Crippen molar-refractivity contribution in [1.82, 2.24) is 0 Å². The Hall–Kier alpha value is -0.920. The first-order valence-corrected chi connectivity index (χ1v) is 20.1. The van der Waals surface area contributed by atoms with Gasteiger partial charge in [0.1, 0.15) is 0 Å². The number of hydrogen-bond acceptors (Lipinski definition) is 0. The molecule has 4 heteroatoms. The third kappa shape index (κ3) is 7.07. The van der Waals surface area contributed by atoms with Crippen LogP contribution in [0.5, 0.6) is 0 Å². The van der Waals surface area contributed by atoms with Crippen molar-refractivity contribution in [1.29, 1.82) is 0 Å². The fourth-order valence-corrected chi connectivity index (χ4v) is 26.9. The van der Waals surface area contributed by atoms with Gasteiger partial charge in [0.25, 0.3) is 0 Å². The van der Waals surface area contributed by atoms with Gasteiger partial charge in [-0.25, -0.2) is 0 Å². The second-order valence-corrected chi connectivity index (χ2v) is 22.3. The molecule has 0 amide bonds. The molecule has 0 atom stereocenters. The van der Waals surface area contributed by atoms with Crippen molar-refractivity contribution in [3.05, 3.63) is 103 Å². The van der Waals surface area contributed by atoms with E-state index >= 15 is 0 Å². The molecular weight excluding hydrogens is 551 g/mol. The first-order valence-electron chi connectivity index (χ1n) is 12.5. The second-order valence-electron chi connectivity index (χ2n) is 8.91.